The van der Waals surface area contributed by atoms with Gasteiger partial charge >= 0.3 is 19.5 Å². The second-order valence-corrected chi connectivity index (χ2v) is 10.1. The van der Waals surface area contributed by atoms with Gasteiger partial charge in [-0.15, -0.1) is 0 Å². The molecule has 0 aromatic rings. The molecule has 2 nitrogen and oxygen atoms in total. The Kier molecular flexibility index (Phi) is 20.2. The normalized spacial score (nSPS) is 11.4. The van der Waals surface area contributed by atoms with Gasteiger partial charge in [-0.3, -0.25) is 0 Å². The molecule has 112 valence electrons. The predicted molar refractivity (Wildman–Crippen MR) is 95.2 cm³/mol. The Hall–Kier alpha value is 1.94. The first-order valence-corrected chi connectivity index (χ1v) is 8.89. The van der Waals surface area contributed by atoms with Crippen LogP contribution in [0, 0.1) is 0 Å². The summed E-state index contributed by atoms with van der Waals surface area (Å²) in [5.74, 6) is 1.88. The summed E-state index contributed by atoms with van der Waals surface area (Å²) in [6.45, 7) is 14.6. The molecular weight excluding hydrogens is 366 g/mol. The molecule has 0 saturated carbocycles. The smallest absolute Gasteiger partial charge is 0.791 e. The molecule has 0 aromatic carbocycles. The molecule has 0 spiro atoms. The molecule has 0 aromatic heterocycles. The number of nitrogens with one attached hydrogen (secondary N) is 2. The van der Waals surface area contributed by atoms with E-state index >= 15 is 0 Å². The van der Waals surface area contributed by atoms with Crippen molar-refractivity contribution < 1.29 is 19.5 Å². The van der Waals surface area contributed by atoms with Crippen LogP contribution in [0.15, 0.2) is 0 Å². The fourth-order valence-corrected chi connectivity index (χ4v) is 2.48. The van der Waals surface area contributed by atoms with Crippen molar-refractivity contribution in [3.05, 3.63) is 0 Å². The van der Waals surface area contributed by atoms with Gasteiger partial charge in [-0.25, -0.2) is 4.13 Å². The first-order chi connectivity index (χ1) is 8.06. The molecule has 0 heterocycles. The zero-order valence-electron chi connectivity index (χ0n) is 13.2. The minimum absolute atomic E-state index is 0. The predicted octanol–water partition coefficient (Wildman–Crippen LogP) is 3.14. The van der Waals surface area contributed by atoms with E-state index in [0.717, 1.165) is 24.6 Å². The Morgan fingerprint density at radius 1 is 1.00 bits per heavy atom. The summed E-state index contributed by atoms with van der Waals surface area (Å²) in [7, 11) is 0. The summed E-state index contributed by atoms with van der Waals surface area (Å²) in [5, 5.41) is 3.26. The Balaban J connectivity index is -0.000000366. The van der Waals surface area contributed by atoms with Crippen molar-refractivity contribution in [1.82, 2.24) is 9.44 Å². The molecule has 0 amide bonds. The van der Waals surface area contributed by atoms with Crippen LogP contribution >= 0.6 is 23.9 Å². The van der Waals surface area contributed by atoms with E-state index in [1.807, 2.05) is 20.8 Å². The summed E-state index contributed by atoms with van der Waals surface area (Å²) in [4.78, 5) is 0. The fraction of sp³-hybridized carbons (Fsp3) is 1.00. The quantitative estimate of drug-likeness (QED) is 0.298. The van der Waals surface area contributed by atoms with E-state index in [9.17, 15) is 0 Å². The Morgan fingerprint density at radius 2 is 1.47 bits per heavy atom. The van der Waals surface area contributed by atoms with Crippen LogP contribution in [0.2, 0.25) is 0 Å². The van der Waals surface area contributed by atoms with E-state index in [-0.39, 0.29) is 24.2 Å². The van der Waals surface area contributed by atoms with Crippen molar-refractivity contribution in [2.75, 3.05) is 24.6 Å². The number of hydrogen-bond donors (Lipinski definition) is 2. The first kappa shape index (κ1) is 25.9. The molecule has 2 N–H and O–H groups in total. The van der Waals surface area contributed by atoms with Gasteiger partial charge in [0.15, 0.2) is 0 Å². The minimum Gasteiger partial charge on any atom is -0.791 e. The van der Waals surface area contributed by atoms with Crippen LogP contribution in [0.1, 0.15) is 41.5 Å². The van der Waals surface area contributed by atoms with Crippen molar-refractivity contribution in [2.24, 2.45) is 0 Å². The summed E-state index contributed by atoms with van der Waals surface area (Å²) in [6, 6.07) is 0. The summed E-state index contributed by atoms with van der Waals surface area (Å²) >= 11 is 13.1. The largest absolute Gasteiger partial charge is 2.00 e. The van der Waals surface area contributed by atoms with E-state index in [4.69, 9.17) is 25.3 Å². The van der Waals surface area contributed by atoms with Gasteiger partial charge in [0, 0.05) is 17.0 Å². The van der Waals surface area contributed by atoms with Gasteiger partial charge in [0.25, 0.3) is 0 Å². The molecule has 0 unspecified atom stereocenters. The van der Waals surface area contributed by atoms with Crippen LogP contribution in [-0.4, -0.2) is 34.1 Å². The average molecular weight is 394 g/mol. The monoisotopic (exact) mass is 392 g/mol. The maximum absolute atomic E-state index is 4.83. The molecule has 19 heavy (non-hydrogen) atoms. The molecular formula is C12H28N2S4Zn. The third-order valence-corrected chi connectivity index (χ3v) is 3.10. The standard InChI is InChI=1S/C8H20N2S3.C4H10S.Zn/c1-8(2,3)13-10-12-7-5-9-4-6-11;1-4(2,3)5;/h9-11H,4-7H2,1-3H3;5H,1-3H3;/q;;+2/p-2. The van der Waals surface area contributed by atoms with Gasteiger partial charge in [0.2, 0.25) is 0 Å². The molecule has 0 atom stereocenters. The van der Waals surface area contributed by atoms with Crippen LogP contribution in [0.25, 0.3) is 0 Å². The average Bonchev–Trinajstić information content (AvgIpc) is 2.12. The van der Waals surface area contributed by atoms with Gasteiger partial charge in [0.05, 0.1) is 0 Å². The van der Waals surface area contributed by atoms with E-state index < -0.39 is 0 Å². The maximum atomic E-state index is 4.83. The topological polar surface area (TPSA) is 24.1 Å². The van der Waals surface area contributed by atoms with E-state index in [1.165, 1.54) is 0 Å². The van der Waals surface area contributed by atoms with Crippen LogP contribution in [0.3, 0.4) is 0 Å². The molecule has 0 rings (SSSR count). The summed E-state index contributed by atoms with van der Waals surface area (Å²) in [5.41, 5.74) is 0. The second-order valence-electron chi connectivity index (χ2n) is 5.71. The van der Waals surface area contributed by atoms with Crippen LogP contribution in [0.5, 0.6) is 0 Å². The fourth-order valence-electron chi connectivity index (χ4n) is 0.516. The van der Waals surface area contributed by atoms with Crippen molar-refractivity contribution in [3.63, 3.8) is 0 Å². The Morgan fingerprint density at radius 3 is 1.84 bits per heavy atom. The zero-order chi connectivity index (χ0) is 14.7. The molecule has 0 aliphatic carbocycles. The summed E-state index contributed by atoms with van der Waals surface area (Å²) in [6.07, 6.45) is 0. The van der Waals surface area contributed by atoms with Gasteiger partial charge in [-0.05, 0) is 27.3 Å². The van der Waals surface area contributed by atoms with Crippen molar-refractivity contribution >= 4 is 49.2 Å². The van der Waals surface area contributed by atoms with Crippen molar-refractivity contribution in [1.29, 1.82) is 0 Å². The molecule has 0 fully saturated rings. The molecule has 0 aliphatic heterocycles. The minimum atomic E-state index is 0. The Bertz CT molecular complexity index is 176. The third-order valence-electron chi connectivity index (χ3n) is 1.07. The van der Waals surface area contributed by atoms with Crippen LogP contribution < -0.4 is 9.44 Å². The molecule has 0 bridgehead atoms. The Labute approximate surface area is 153 Å². The van der Waals surface area contributed by atoms with Gasteiger partial charge in [-0.2, -0.15) is 10.5 Å². The van der Waals surface area contributed by atoms with Gasteiger partial charge < -0.3 is 30.6 Å². The molecule has 0 radical (unpaired) electrons. The second kappa shape index (κ2) is 14.9. The van der Waals surface area contributed by atoms with Crippen LogP contribution in [0.4, 0.5) is 0 Å². The van der Waals surface area contributed by atoms with E-state index in [1.54, 1.807) is 23.9 Å². The number of hydrogen-bond acceptors (Lipinski definition) is 6. The SMILES string of the molecule is CC(C)(C)SNSCCNCC[S-].CC(C)(C)[S-].[Zn+2]. The van der Waals surface area contributed by atoms with Crippen molar-refractivity contribution in [2.45, 2.75) is 51.0 Å². The van der Waals surface area contributed by atoms with Crippen molar-refractivity contribution in [3.8, 4) is 0 Å². The summed E-state index contributed by atoms with van der Waals surface area (Å²) < 4.78 is 3.65. The van der Waals surface area contributed by atoms with E-state index in [2.05, 4.69) is 30.2 Å². The van der Waals surface area contributed by atoms with Crippen LogP contribution in [-0.2, 0) is 44.7 Å². The van der Waals surface area contributed by atoms with Gasteiger partial charge in [-0.1, -0.05) is 44.7 Å². The van der Waals surface area contributed by atoms with Gasteiger partial charge in [0.1, 0.15) is 0 Å². The maximum Gasteiger partial charge on any atom is 2.00 e. The molecule has 0 aliphatic rings. The number of rotatable bonds is 7. The van der Waals surface area contributed by atoms with E-state index in [0.29, 0.717) is 4.75 Å². The molecule has 0 saturated heterocycles. The third kappa shape index (κ3) is 45.0. The molecule has 7 heteroatoms. The first-order valence-electron chi connectivity index (χ1n) is 6.10. The zero-order valence-corrected chi connectivity index (χ0v) is 19.4.